The van der Waals surface area contributed by atoms with Gasteiger partial charge in [-0.25, -0.2) is 0 Å². The zero-order valence-electron chi connectivity index (χ0n) is 16.3. The summed E-state index contributed by atoms with van der Waals surface area (Å²) in [4.78, 5) is 15.0. The van der Waals surface area contributed by atoms with Gasteiger partial charge < -0.3 is 10.1 Å². The molecule has 1 N–H and O–H groups in total. The maximum absolute atomic E-state index is 12.5. The second-order valence-corrected chi connectivity index (χ2v) is 8.38. The molecule has 4 unspecified atom stereocenters. The van der Waals surface area contributed by atoms with Crippen LogP contribution in [0.5, 0.6) is 5.75 Å². The number of carbonyl (C=O) groups excluding carboxylic acids is 1. The predicted octanol–water partition coefficient (Wildman–Crippen LogP) is 1.94. The van der Waals surface area contributed by atoms with E-state index in [9.17, 15) is 4.79 Å². The molecule has 0 spiro atoms. The summed E-state index contributed by atoms with van der Waals surface area (Å²) in [6.45, 7) is 2.80. The first-order chi connectivity index (χ1) is 13.7. The highest BCUT2D eigenvalue weighted by Gasteiger charge is 2.44. The van der Waals surface area contributed by atoms with Crippen LogP contribution in [0.4, 0.5) is 0 Å². The average Bonchev–Trinajstić information content (AvgIpc) is 3.43. The molecule has 3 saturated heterocycles. The van der Waals surface area contributed by atoms with Gasteiger partial charge in [0.25, 0.3) is 0 Å². The molecule has 4 atom stereocenters. The fraction of sp³-hybridized carbons (Fsp3) is 0.571. The van der Waals surface area contributed by atoms with Crippen molar-refractivity contribution in [1.29, 1.82) is 0 Å². The smallest absolute Gasteiger partial charge is 0.224 e. The van der Waals surface area contributed by atoms with Crippen molar-refractivity contribution in [3.8, 4) is 17.0 Å². The van der Waals surface area contributed by atoms with E-state index in [0.717, 1.165) is 62.3 Å². The zero-order valence-corrected chi connectivity index (χ0v) is 16.3. The Hall–Kier alpha value is -2.41. The monoisotopic (exact) mass is 381 g/mol. The van der Waals surface area contributed by atoms with Crippen molar-refractivity contribution < 1.29 is 9.53 Å². The summed E-state index contributed by atoms with van der Waals surface area (Å²) in [5, 5.41) is 11.9. The third kappa shape index (κ3) is 3.51. The molecule has 4 fully saturated rings. The topological polar surface area (TPSA) is 72.3 Å². The summed E-state index contributed by atoms with van der Waals surface area (Å²) in [7, 11) is 1.67. The molecule has 2 bridgehead atoms. The molecule has 1 saturated carbocycles. The van der Waals surface area contributed by atoms with Crippen LogP contribution in [0.3, 0.4) is 0 Å². The van der Waals surface area contributed by atoms with Gasteiger partial charge in [-0.3, -0.25) is 14.4 Å². The van der Waals surface area contributed by atoms with Crippen molar-refractivity contribution in [2.45, 2.75) is 44.3 Å². The minimum absolute atomic E-state index is 0.163. The molecule has 6 rings (SSSR count). The molecule has 1 aromatic carbocycles. The Labute approximate surface area is 165 Å². The number of piperidine rings is 3. The van der Waals surface area contributed by atoms with Gasteiger partial charge in [-0.2, -0.15) is 0 Å². The molecule has 28 heavy (non-hydrogen) atoms. The fourth-order valence-electron chi connectivity index (χ4n) is 4.66. The van der Waals surface area contributed by atoms with Crippen molar-refractivity contribution in [2.75, 3.05) is 20.2 Å². The third-order valence-corrected chi connectivity index (χ3v) is 6.46. The van der Waals surface area contributed by atoms with E-state index in [-0.39, 0.29) is 11.8 Å². The summed E-state index contributed by atoms with van der Waals surface area (Å²) < 4.78 is 7.16. The Morgan fingerprint density at radius 2 is 2.07 bits per heavy atom. The van der Waals surface area contributed by atoms with Crippen molar-refractivity contribution in [1.82, 2.24) is 25.2 Å². The van der Waals surface area contributed by atoms with Crippen LogP contribution >= 0.6 is 0 Å². The number of hydrogen-bond donors (Lipinski definition) is 1. The SMILES string of the molecule is COc1ccc(-c2cn(CC3CC4CCN3CC4C(=O)NC3CC3)nn2)cc1. The number of ether oxygens (including phenoxy) is 1. The molecule has 1 aliphatic carbocycles. The first kappa shape index (κ1) is 17.7. The standard InChI is InChI=1S/C21H27N5O2/c1-28-18-6-2-14(3-7-18)20-13-26(24-23-20)11-17-10-15-8-9-25(17)12-19(15)21(27)22-16-4-5-16/h2-3,6-7,13,15-17,19H,4-5,8-12H2,1H3,(H,22,27). The van der Waals surface area contributed by atoms with E-state index in [2.05, 4.69) is 20.5 Å². The molecule has 1 amide bonds. The second kappa shape index (κ2) is 7.20. The number of carbonyl (C=O) groups is 1. The molecule has 148 valence electrons. The minimum atomic E-state index is 0.163. The lowest BCUT2D eigenvalue weighted by Crippen LogP contribution is -2.58. The van der Waals surface area contributed by atoms with E-state index in [4.69, 9.17) is 4.74 Å². The number of aromatic nitrogens is 3. The molecular formula is C21H27N5O2. The maximum atomic E-state index is 12.5. The van der Waals surface area contributed by atoms with Gasteiger partial charge in [0.15, 0.2) is 0 Å². The normalized spacial score (nSPS) is 28.9. The lowest BCUT2D eigenvalue weighted by atomic mass is 9.75. The molecule has 2 aromatic rings. The highest BCUT2D eigenvalue weighted by atomic mass is 16.5. The molecule has 3 aliphatic heterocycles. The Morgan fingerprint density at radius 1 is 1.25 bits per heavy atom. The summed E-state index contributed by atoms with van der Waals surface area (Å²) in [6.07, 6.45) is 6.52. The van der Waals surface area contributed by atoms with E-state index >= 15 is 0 Å². The summed E-state index contributed by atoms with van der Waals surface area (Å²) in [5.74, 6) is 1.77. The Balaban J connectivity index is 1.22. The average molecular weight is 381 g/mol. The molecule has 4 aliphatic rings. The lowest BCUT2D eigenvalue weighted by molar-refractivity contribution is -0.133. The van der Waals surface area contributed by atoms with E-state index in [1.54, 1.807) is 7.11 Å². The summed E-state index contributed by atoms with van der Waals surface area (Å²) >= 11 is 0. The molecule has 4 heterocycles. The van der Waals surface area contributed by atoms with Crippen LogP contribution in [0.1, 0.15) is 25.7 Å². The fourth-order valence-corrected chi connectivity index (χ4v) is 4.66. The van der Waals surface area contributed by atoms with Crippen LogP contribution in [-0.4, -0.2) is 58.1 Å². The van der Waals surface area contributed by atoms with Crippen molar-refractivity contribution in [3.63, 3.8) is 0 Å². The summed E-state index contributed by atoms with van der Waals surface area (Å²) in [5.41, 5.74) is 1.91. The van der Waals surface area contributed by atoms with Gasteiger partial charge >= 0.3 is 0 Å². The Kier molecular flexibility index (Phi) is 4.55. The highest BCUT2D eigenvalue weighted by Crippen LogP contribution is 2.37. The van der Waals surface area contributed by atoms with Gasteiger partial charge in [0.2, 0.25) is 5.91 Å². The zero-order chi connectivity index (χ0) is 19.1. The number of nitrogens with one attached hydrogen (secondary N) is 1. The number of benzene rings is 1. The quantitative estimate of drug-likeness (QED) is 0.828. The highest BCUT2D eigenvalue weighted by molar-refractivity contribution is 5.80. The Morgan fingerprint density at radius 3 is 2.75 bits per heavy atom. The minimum Gasteiger partial charge on any atom is -0.497 e. The van der Waals surface area contributed by atoms with Crippen LogP contribution in [0, 0.1) is 11.8 Å². The lowest BCUT2D eigenvalue weighted by Gasteiger charge is -2.49. The van der Waals surface area contributed by atoms with E-state index in [1.807, 2.05) is 35.1 Å². The van der Waals surface area contributed by atoms with Crippen LogP contribution in [-0.2, 0) is 11.3 Å². The van der Waals surface area contributed by atoms with Crippen molar-refractivity contribution >= 4 is 5.91 Å². The van der Waals surface area contributed by atoms with Crippen LogP contribution in [0.2, 0.25) is 0 Å². The van der Waals surface area contributed by atoms with Crippen molar-refractivity contribution in [2.24, 2.45) is 11.8 Å². The maximum Gasteiger partial charge on any atom is 0.224 e. The van der Waals surface area contributed by atoms with Crippen LogP contribution in [0.15, 0.2) is 30.5 Å². The van der Waals surface area contributed by atoms with Crippen LogP contribution in [0.25, 0.3) is 11.3 Å². The number of methoxy groups -OCH3 is 1. The number of fused-ring (bicyclic) bond motifs is 3. The van der Waals surface area contributed by atoms with Gasteiger partial charge in [0.05, 0.1) is 25.8 Å². The number of hydrogen-bond acceptors (Lipinski definition) is 5. The van der Waals surface area contributed by atoms with Gasteiger partial charge in [0, 0.05) is 24.2 Å². The third-order valence-electron chi connectivity index (χ3n) is 6.46. The van der Waals surface area contributed by atoms with Gasteiger partial charge in [0.1, 0.15) is 11.4 Å². The predicted molar refractivity (Wildman–Crippen MR) is 105 cm³/mol. The molecular weight excluding hydrogens is 354 g/mol. The first-order valence-corrected chi connectivity index (χ1v) is 10.3. The molecule has 7 nitrogen and oxygen atoms in total. The van der Waals surface area contributed by atoms with E-state index < -0.39 is 0 Å². The van der Waals surface area contributed by atoms with Gasteiger partial charge in [-0.1, -0.05) is 5.21 Å². The largest absolute Gasteiger partial charge is 0.497 e. The van der Waals surface area contributed by atoms with Gasteiger partial charge in [-0.15, -0.1) is 5.10 Å². The number of rotatable bonds is 6. The Bertz CT molecular complexity index is 845. The molecule has 1 aromatic heterocycles. The summed E-state index contributed by atoms with van der Waals surface area (Å²) in [6, 6.07) is 8.77. The molecule has 7 heteroatoms. The second-order valence-electron chi connectivity index (χ2n) is 8.38. The molecule has 0 radical (unpaired) electrons. The first-order valence-electron chi connectivity index (χ1n) is 10.3. The van der Waals surface area contributed by atoms with Gasteiger partial charge in [-0.05, 0) is 62.4 Å². The van der Waals surface area contributed by atoms with Crippen LogP contribution < -0.4 is 10.1 Å². The number of amides is 1. The van der Waals surface area contributed by atoms with E-state index in [0.29, 0.717) is 18.0 Å². The van der Waals surface area contributed by atoms with E-state index in [1.165, 1.54) is 0 Å². The van der Waals surface area contributed by atoms with Crippen molar-refractivity contribution in [3.05, 3.63) is 30.5 Å². The number of nitrogens with zero attached hydrogens (tertiary/aromatic N) is 4.